The quantitative estimate of drug-likeness (QED) is 0.576. The van der Waals surface area contributed by atoms with E-state index in [1.165, 1.54) is 12.1 Å². The standard InChI is InChI=1S/C20H26N2O7/c1-20(2,3)29-19(26)21-15(11-12-28-22-16(23)9-10-17(22)24)18(25)27-13-14-7-5-4-6-8-14/h4-10,15,23-24H,11-13H2,1-3H3,(H,21,26). The molecule has 158 valence electrons. The summed E-state index contributed by atoms with van der Waals surface area (Å²) in [6.07, 6.45) is -0.755. The molecule has 9 nitrogen and oxygen atoms in total. The summed E-state index contributed by atoms with van der Waals surface area (Å²) in [5.41, 5.74) is 0.0669. The molecule has 0 saturated heterocycles. The maximum absolute atomic E-state index is 12.5. The Kier molecular flexibility index (Phi) is 7.35. The average Bonchev–Trinajstić information content (AvgIpc) is 2.96. The SMILES string of the molecule is CC(C)(C)OC(=O)NC(CCOn1c(O)ccc1O)C(=O)OCc1ccccc1. The molecule has 0 aliphatic carbocycles. The lowest BCUT2D eigenvalue weighted by molar-refractivity contribution is -0.148. The lowest BCUT2D eigenvalue weighted by Crippen LogP contribution is -2.45. The van der Waals surface area contributed by atoms with Gasteiger partial charge in [0, 0.05) is 18.6 Å². The summed E-state index contributed by atoms with van der Waals surface area (Å²) >= 11 is 0. The van der Waals surface area contributed by atoms with E-state index in [-0.39, 0.29) is 31.4 Å². The van der Waals surface area contributed by atoms with Gasteiger partial charge >= 0.3 is 12.1 Å². The predicted molar refractivity (Wildman–Crippen MR) is 103 cm³/mol. The number of ether oxygens (including phenoxy) is 2. The third kappa shape index (κ3) is 7.28. The highest BCUT2D eigenvalue weighted by molar-refractivity contribution is 5.81. The van der Waals surface area contributed by atoms with Crippen molar-refractivity contribution in [1.82, 2.24) is 10.0 Å². The van der Waals surface area contributed by atoms with Crippen LogP contribution in [0.15, 0.2) is 42.5 Å². The van der Waals surface area contributed by atoms with Crippen LogP contribution < -0.4 is 10.2 Å². The van der Waals surface area contributed by atoms with E-state index in [9.17, 15) is 19.8 Å². The van der Waals surface area contributed by atoms with Gasteiger partial charge in [-0.2, -0.15) is 0 Å². The molecule has 1 aromatic carbocycles. The number of rotatable bonds is 8. The van der Waals surface area contributed by atoms with Crippen LogP contribution >= 0.6 is 0 Å². The van der Waals surface area contributed by atoms with Crippen LogP contribution in [0.4, 0.5) is 4.79 Å². The second-order valence-corrected chi connectivity index (χ2v) is 7.26. The number of nitrogens with zero attached hydrogens (tertiary/aromatic N) is 1. The van der Waals surface area contributed by atoms with Crippen molar-refractivity contribution < 1.29 is 34.1 Å². The number of carbonyl (C=O) groups is 2. The molecule has 0 aliphatic rings. The first-order chi connectivity index (χ1) is 13.7. The Morgan fingerprint density at radius 2 is 1.69 bits per heavy atom. The van der Waals surface area contributed by atoms with Crippen LogP contribution in [0.3, 0.4) is 0 Å². The first-order valence-electron chi connectivity index (χ1n) is 9.09. The first-order valence-corrected chi connectivity index (χ1v) is 9.09. The van der Waals surface area contributed by atoms with Crippen molar-refractivity contribution in [3.63, 3.8) is 0 Å². The molecule has 0 saturated carbocycles. The molecule has 2 rings (SSSR count). The summed E-state index contributed by atoms with van der Waals surface area (Å²) < 4.78 is 11.3. The zero-order valence-corrected chi connectivity index (χ0v) is 16.6. The van der Waals surface area contributed by atoms with Gasteiger partial charge in [0.15, 0.2) is 0 Å². The van der Waals surface area contributed by atoms with E-state index in [0.29, 0.717) is 0 Å². The summed E-state index contributed by atoms with van der Waals surface area (Å²) in [7, 11) is 0. The zero-order chi connectivity index (χ0) is 21.4. The molecule has 1 unspecified atom stereocenters. The van der Waals surface area contributed by atoms with Gasteiger partial charge in [-0.05, 0) is 26.3 Å². The smallest absolute Gasteiger partial charge is 0.408 e. The molecule has 0 spiro atoms. The Morgan fingerprint density at radius 3 is 2.28 bits per heavy atom. The average molecular weight is 406 g/mol. The highest BCUT2D eigenvalue weighted by Gasteiger charge is 2.26. The Bertz CT molecular complexity index is 792. The minimum atomic E-state index is -1.05. The van der Waals surface area contributed by atoms with E-state index in [2.05, 4.69) is 5.32 Å². The molecule has 2 aromatic rings. The third-order valence-corrected chi connectivity index (χ3v) is 3.62. The van der Waals surface area contributed by atoms with Crippen LogP contribution in [0.2, 0.25) is 0 Å². The van der Waals surface area contributed by atoms with Gasteiger partial charge in [0.2, 0.25) is 11.8 Å². The number of hydrogen-bond acceptors (Lipinski definition) is 7. The molecule has 0 radical (unpaired) electrons. The topological polar surface area (TPSA) is 119 Å². The van der Waals surface area contributed by atoms with E-state index < -0.39 is 23.7 Å². The Hall–Kier alpha value is -3.36. The fourth-order valence-corrected chi connectivity index (χ4v) is 2.32. The second kappa shape index (κ2) is 9.72. The van der Waals surface area contributed by atoms with E-state index in [1.54, 1.807) is 20.8 Å². The Balaban J connectivity index is 1.97. The third-order valence-electron chi connectivity index (χ3n) is 3.62. The van der Waals surface area contributed by atoms with E-state index in [0.717, 1.165) is 10.3 Å². The Labute approximate surface area is 168 Å². The maximum atomic E-state index is 12.5. The molecule has 0 fully saturated rings. The van der Waals surface area contributed by atoms with Crippen LogP contribution in [0.25, 0.3) is 0 Å². The number of benzene rings is 1. The number of amides is 1. The van der Waals surface area contributed by atoms with Crippen LogP contribution in [0.5, 0.6) is 11.8 Å². The zero-order valence-electron chi connectivity index (χ0n) is 16.6. The van der Waals surface area contributed by atoms with Crippen molar-refractivity contribution >= 4 is 12.1 Å². The molecule has 29 heavy (non-hydrogen) atoms. The minimum Gasteiger partial charge on any atom is -0.492 e. The number of hydrogen-bond donors (Lipinski definition) is 3. The lowest BCUT2D eigenvalue weighted by atomic mass is 10.2. The molecule has 0 aliphatic heterocycles. The number of aromatic nitrogens is 1. The lowest BCUT2D eigenvalue weighted by Gasteiger charge is -2.23. The Morgan fingerprint density at radius 1 is 1.07 bits per heavy atom. The molecule has 1 aromatic heterocycles. The minimum absolute atomic E-state index is 0.0178. The van der Waals surface area contributed by atoms with Crippen LogP contribution in [-0.2, 0) is 20.9 Å². The number of aromatic hydroxyl groups is 2. The van der Waals surface area contributed by atoms with Crippen LogP contribution in [0, 0.1) is 0 Å². The highest BCUT2D eigenvalue weighted by atomic mass is 16.7. The number of alkyl carbamates (subject to hydrolysis) is 1. The van der Waals surface area contributed by atoms with Crippen molar-refractivity contribution in [2.45, 2.75) is 45.4 Å². The van der Waals surface area contributed by atoms with Crippen molar-refractivity contribution in [3.8, 4) is 11.8 Å². The summed E-state index contributed by atoms with van der Waals surface area (Å²) in [6.45, 7) is 5.06. The van der Waals surface area contributed by atoms with Gasteiger partial charge < -0.3 is 29.8 Å². The summed E-state index contributed by atoms with van der Waals surface area (Å²) in [4.78, 5) is 29.8. The van der Waals surface area contributed by atoms with E-state index in [1.807, 2.05) is 30.3 Å². The molecular formula is C20H26N2O7. The summed E-state index contributed by atoms with van der Waals surface area (Å²) in [5.74, 6) is -1.26. The first kappa shape index (κ1) is 21.9. The predicted octanol–water partition coefficient (Wildman–Crippen LogP) is 2.35. The van der Waals surface area contributed by atoms with Crippen LogP contribution in [0.1, 0.15) is 32.8 Å². The molecule has 0 bridgehead atoms. The van der Waals surface area contributed by atoms with Gasteiger partial charge in [0.25, 0.3) is 0 Å². The van der Waals surface area contributed by atoms with Crippen molar-refractivity contribution in [2.75, 3.05) is 6.61 Å². The van der Waals surface area contributed by atoms with Crippen molar-refractivity contribution in [2.24, 2.45) is 0 Å². The van der Waals surface area contributed by atoms with E-state index >= 15 is 0 Å². The van der Waals surface area contributed by atoms with Gasteiger partial charge in [-0.15, -0.1) is 4.73 Å². The molecule has 9 heteroatoms. The number of esters is 1. The molecular weight excluding hydrogens is 380 g/mol. The second-order valence-electron chi connectivity index (χ2n) is 7.26. The summed E-state index contributed by atoms with van der Waals surface area (Å²) in [5, 5.41) is 21.6. The van der Waals surface area contributed by atoms with Gasteiger partial charge in [0.1, 0.15) is 24.9 Å². The monoisotopic (exact) mass is 406 g/mol. The molecule has 1 heterocycles. The van der Waals surface area contributed by atoms with Crippen molar-refractivity contribution in [3.05, 3.63) is 48.0 Å². The molecule has 1 amide bonds. The summed E-state index contributed by atoms with van der Waals surface area (Å²) in [6, 6.07) is 10.6. The van der Waals surface area contributed by atoms with E-state index in [4.69, 9.17) is 14.3 Å². The number of carbonyl (C=O) groups excluding carboxylic acids is 2. The molecule has 3 N–H and O–H groups in total. The van der Waals surface area contributed by atoms with Crippen LogP contribution in [-0.4, -0.2) is 45.3 Å². The normalized spacial score (nSPS) is 12.1. The number of nitrogens with one attached hydrogen (secondary N) is 1. The fraction of sp³-hybridized carbons (Fsp3) is 0.400. The van der Waals surface area contributed by atoms with Gasteiger partial charge in [-0.1, -0.05) is 30.3 Å². The van der Waals surface area contributed by atoms with Gasteiger partial charge in [-0.3, -0.25) is 0 Å². The highest BCUT2D eigenvalue weighted by Crippen LogP contribution is 2.18. The van der Waals surface area contributed by atoms with Crippen molar-refractivity contribution in [1.29, 1.82) is 0 Å². The largest absolute Gasteiger partial charge is 0.492 e. The fourth-order valence-electron chi connectivity index (χ4n) is 2.32. The molecule has 1 atom stereocenters. The van der Waals surface area contributed by atoms with Gasteiger partial charge in [0.05, 0.1) is 0 Å². The maximum Gasteiger partial charge on any atom is 0.408 e. The van der Waals surface area contributed by atoms with Gasteiger partial charge in [-0.25, -0.2) is 9.59 Å².